The van der Waals surface area contributed by atoms with Crippen molar-refractivity contribution in [2.45, 2.75) is 6.54 Å². The highest BCUT2D eigenvalue weighted by molar-refractivity contribution is 14.1. The molecule has 0 aliphatic rings. The average molecular weight is 303 g/mol. The Morgan fingerprint density at radius 2 is 2.29 bits per heavy atom. The average Bonchev–Trinajstić information content (AvgIpc) is 2.16. The van der Waals surface area contributed by atoms with Crippen LogP contribution in [0.1, 0.15) is 11.1 Å². The lowest BCUT2D eigenvalue weighted by atomic mass is 10.1. The molecule has 1 rings (SSSR count). The fourth-order valence-electron chi connectivity index (χ4n) is 1.05. The summed E-state index contributed by atoms with van der Waals surface area (Å²) in [6, 6.07) is 4.68. The number of nitro groups is 1. The van der Waals surface area contributed by atoms with Gasteiger partial charge in [-0.15, -0.1) is 0 Å². The molecule has 0 spiro atoms. The lowest BCUT2D eigenvalue weighted by Gasteiger charge is -2.02. The number of benzene rings is 1. The van der Waals surface area contributed by atoms with E-state index in [4.69, 9.17) is 11.0 Å². The van der Waals surface area contributed by atoms with Gasteiger partial charge < -0.3 is 5.73 Å². The van der Waals surface area contributed by atoms with Crippen LogP contribution in [0.3, 0.4) is 0 Å². The molecule has 0 aliphatic heterocycles. The Balaban J connectivity index is 3.45. The van der Waals surface area contributed by atoms with Crippen molar-refractivity contribution in [3.8, 4) is 6.07 Å². The number of hydrogen-bond donors (Lipinski definition) is 1. The van der Waals surface area contributed by atoms with E-state index in [-0.39, 0.29) is 17.8 Å². The van der Waals surface area contributed by atoms with E-state index in [9.17, 15) is 10.1 Å². The quantitative estimate of drug-likeness (QED) is 0.509. The molecule has 0 amide bonds. The molecule has 2 N–H and O–H groups in total. The zero-order valence-electron chi connectivity index (χ0n) is 7.03. The first-order chi connectivity index (χ1) is 6.60. The van der Waals surface area contributed by atoms with Crippen LogP contribution in [0.25, 0.3) is 0 Å². The third kappa shape index (κ3) is 2.00. The van der Waals surface area contributed by atoms with Crippen LogP contribution in [-0.2, 0) is 6.54 Å². The van der Waals surface area contributed by atoms with Gasteiger partial charge in [0.1, 0.15) is 0 Å². The summed E-state index contributed by atoms with van der Waals surface area (Å²) < 4.78 is 0.649. The van der Waals surface area contributed by atoms with E-state index < -0.39 is 4.92 Å². The van der Waals surface area contributed by atoms with Crippen molar-refractivity contribution in [2.75, 3.05) is 0 Å². The summed E-state index contributed by atoms with van der Waals surface area (Å²) in [6.07, 6.45) is 0. The maximum Gasteiger partial charge on any atom is 0.276 e. The molecule has 0 bridgehead atoms. The summed E-state index contributed by atoms with van der Waals surface area (Å²) in [7, 11) is 0. The molecule has 72 valence electrons. The molecule has 0 heterocycles. The molecule has 14 heavy (non-hydrogen) atoms. The smallest absolute Gasteiger partial charge is 0.276 e. The lowest BCUT2D eigenvalue weighted by molar-refractivity contribution is -0.385. The minimum Gasteiger partial charge on any atom is -0.326 e. The fraction of sp³-hybridized carbons (Fsp3) is 0.125. The molecule has 1 aromatic rings. The van der Waals surface area contributed by atoms with Crippen LogP contribution >= 0.6 is 22.6 Å². The van der Waals surface area contributed by atoms with Gasteiger partial charge in [0.25, 0.3) is 5.69 Å². The van der Waals surface area contributed by atoms with Crippen molar-refractivity contribution in [3.05, 3.63) is 36.9 Å². The Morgan fingerprint density at radius 3 is 2.71 bits per heavy atom. The second-order valence-corrected chi connectivity index (χ2v) is 3.69. The first kappa shape index (κ1) is 10.9. The predicted molar refractivity (Wildman–Crippen MR) is 58.4 cm³/mol. The van der Waals surface area contributed by atoms with Gasteiger partial charge in [-0.3, -0.25) is 10.1 Å². The van der Waals surface area contributed by atoms with Gasteiger partial charge in [-0.05, 0) is 28.7 Å². The summed E-state index contributed by atoms with van der Waals surface area (Å²) in [4.78, 5) is 10.1. The van der Waals surface area contributed by atoms with E-state index in [0.29, 0.717) is 9.13 Å². The number of hydrogen-bond acceptors (Lipinski definition) is 4. The van der Waals surface area contributed by atoms with Crippen LogP contribution in [0.15, 0.2) is 12.1 Å². The number of nitriles is 1. The molecule has 6 heteroatoms. The molecule has 0 saturated heterocycles. The third-order valence-electron chi connectivity index (χ3n) is 1.70. The maximum atomic E-state index is 10.6. The SMILES string of the molecule is N#Cc1cc(I)c(CN)c([N+](=O)[O-])c1. The number of nitro benzene ring substituents is 1. The van der Waals surface area contributed by atoms with Crippen LogP contribution in [0, 0.1) is 25.0 Å². The molecule has 5 nitrogen and oxygen atoms in total. The van der Waals surface area contributed by atoms with Crippen LogP contribution in [-0.4, -0.2) is 4.92 Å². The van der Waals surface area contributed by atoms with Gasteiger partial charge in [0.15, 0.2) is 0 Å². The molecular weight excluding hydrogens is 297 g/mol. The molecule has 0 saturated carbocycles. The molecular formula is C8H6IN3O2. The highest BCUT2D eigenvalue weighted by Crippen LogP contribution is 2.25. The Labute approximate surface area is 93.8 Å². The third-order valence-corrected chi connectivity index (χ3v) is 2.66. The van der Waals surface area contributed by atoms with Crippen LogP contribution < -0.4 is 5.73 Å². The minimum absolute atomic E-state index is 0.0871. The highest BCUT2D eigenvalue weighted by Gasteiger charge is 2.16. The van der Waals surface area contributed by atoms with Crippen molar-refractivity contribution >= 4 is 28.3 Å². The molecule has 1 aromatic carbocycles. The monoisotopic (exact) mass is 303 g/mol. The first-order valence-electron chi connectivity index (χ1n) is 3.67. The fourth-order valence-corrected chi connectivity index (χ4v) is 1.88. The van der Waals surface area contributed by atoms with E-state index in [1.807, 2.05) is 28.7 Å². The van der Waals surface area contributed by atoms with Crippen molar-refractivity contribution in [2.24, 2.45) is 5.73 Å². The topological polar surface area (TPSA) is 93.0 Å². The number of nitrogens with zero attached hydrogens (tertiary/aromatic N) is 2. The number of rotatable bonds is 2. The van der Waals surface area contributed by atoms with Gasteiger partial charge in [-0.1, -0.05) is 0 Å². The Morgan fingerprint density at radius 1 is 1.64 bits per heavy atom. The van der Waals surface area contributed by atoms with E-state index in [1.165, 1.54) is 6.07 Å². The highest BCUT2D eigenvalue weighted by atomic mass is 127. The van der Waals surface area contributed by atoms with Gasteiger partial charge in [-0.2, -0.15) is 5.26 Å². The van der Waals surface area contributed by atoms with E-state index in [0.717, 1.165) is 0 Å². The number of halogens is 1. The lowest BCUT2D eigenvalue weighted by Crippen LogP contribution is -2.04. The van der Waals surface area contributed by atoms with Gasteiger partial charge in [0.2, 0.25) is 0 Å². The molecule has 0 radical (unpaired) electrons. The van der Waals surface area contributed by atoms with Gasteiger partial charge >= 0.3 is 0 Å². The van der Waals surface area contributed by atoms with Gasteiger partial charge in [0, 0.05) is 16.2 Å². The first-order valence-corrected chi connectivity index (χ1v) is 4.75. The standard InChI is InChI=1S/C8H6IN3O2/c9-7-1-5(3-10)2-8(12(13)14)6(7)4-11/h1-2H,4,11H2. The van der Waals surface area contributed by atoms with Crippen molar-refractivity contribution < 1.29 is 4.92 Å². The van der Waals surface area contributed by atoms with E-state index in [1.54, 1.807) is 6.07 Å². The van der Waals surface area contributed by atoms with Crippen LogP contribution in [0.4, 0.5) is 5.69 Å². The normalized spacial score (nSPS) is 9.50. The molecule has 0 atom stereocenters. The van der Waals surface area contributed by atoms with Gasteiger partial charge in [0.05, 0.1) is 22.1 Å². The minimum atomic E-state index is -0.523. The van der Waals surface area contributed by atoms with Crippen LogP contribution in [0.5, 0.6) is 0 Å². The number of nitrogens with two attached hydrogens (primary N) is 1. The van der Waals surface area contributed by atoms with E-state index in [2.05, 4.69) is 0 Å². The Bertz CT molecular complexity index is 425. The van der Waals surface area contributed by atoms with Crippen LogP contribution in [0.2, 0.25) is 0 Å². The summed E-state index contributed by atoms with van der Waals surface area (Å²) >= 11 is 1.93. The van der Waals surface area contributed by atoms with Crippen molar-refractivity contribution in [1.82, 2.24) is 0 Å². The van der Waals surface area contributed by atoms with Crippen molar-refractivity contribution in [3.63, 3.8) is 0 Å². The summed E-state index contributed by atoms with van der Waals surface area (Å²) in [5.74, 6) is 0. The molecule has 0 aliphatic carbocycles. The molecule has 0 aromatic heterocycles. The zero-order valence-corrected chi connectivity index (χ0v) is 9.19. The Kier molecular flexibility index (Phi) is 3.38. The maximum absolute atomic E-state index is 10.6. The second-order valence-electron chi connectivity index (χ2n) is 2.53. The largest absolute Gasteiger partial charge is 0.326 e. The Hall–Kier alpha value is -1.20. The molecule has 0 unspecified atom stereocenters. The molecule has 0 fully saturated rings. The summed E-state index contributed by atoms with van der Waals surface area (Å²) in [5, 5.41) is 19.3. The predicted octanol–water partition coefficient (Wildman–Crippen LogP) is 1.53. The second kappa shape index (κ2) is 4.34. The summed E-state index contributed by atoms with van der Waals surface area (Å²) in [5.41, 5.74) is 6.04. The zero-order chi connectivity index (χ0) is 10.7. The van der Waals surface area contributed by atoms with Crippen molar-refractivity contribution in [1.29, 1.82) is 5.26 Å². The van der Waals surface area contributed by atoms with Gasteiger partial charge in [-0.25, -0.2) is 0 Å². The summed E-state index contributed by atoms with van der Waals surface area (Å²) in [6.45, 7) is 0.0975. The van der Waals surface area contributed by atoms with E-state index >= 15 is 0 Å².